The van der Waals surface area contributed by atoms with Crippen LogP contribution in [0.15, 0.2) is 53.5 Å². The summed E-state index contributed by atoms with van der Waals surface area (Å²) in [5.41, 5.74) is 0.920. The summed E-state index contributed by atoms with van der Waals surface area (Å²) < 4.78 is 12.0. The van der Waals surface area contributed by atoms with E-state index in [0.29, 0.717) is 22.6 Å². The number of ketones is 1. The lowest BCUT2D eigenvalue weighted by Gasteiger charge is -2.18. The molecule has 0 spiro atoms. The predicted molar refractivity (Wildman–Crippen MR) is 91.9 cm³/mol. The Labute approximate surface area is 147 Å². The van der Waals surface area contributed by atoms with Crippen LogP contribution in [0.1, 0.15) is 10.4 Å². The third kappa shape index (κ3) is 3.00. The number of rotatable bonds is 4. The number of nitrogens with one attached hydrogen (secondary N) is 1. The summed E-state index contributed by atoms with van der Waals surface area (Å²) in [5, 5.41) is 2.64. The van der Waals surface area contributed by atoms with Crippen LogP contribution in [0.5, 0.6) is 11.6 Å². The van der Waals surface area contributed by atoms with Crippen molar-refractivity contribution < 1.29 is 19.1 Å². The molecular weight excluding hydrogens is 338 g/mol. The van der Waals surface area contributed by atoms with Gasteiger partial charge < -0.3 is 14.8 Å². The van der Waals surface area contributed by atoms with Crippen LogP contribution < -0.4 is 20.3 Å². The normalized spacial score (nSPS) is 12.8. The number of carbonyl (C=O) groups excluding carboxylic acids is 2. The highest BCUT2D eigenvalue weighted by molar-refractivity contribution is 6.01. The molecule has 0 unspecified atom stereocenters. The van der Waals surface area contributed by atoms with E-state index in [4.69, 9.17) is 9.47 Å². The highest BCUT2D eigenvalue weighted by atomic mass is 16.5. The van der Waals surface area contributed by atoms with Crippen LogP contribution in [0.4, 0.5) is 5.69 Å². The third-order valence-electron chi connectivity index (χ3n) is 3.83. The fourth-order valence-electron chi connectivity index (χ4n) is 2.59. The fraction of sp³-hybridized carbons (Fsp3) is 0.111. The first kappa shape index (κ1) is 15.8. The van der Waals surface area contributed by atoms with Gasteiger partial charge in [0, 0.05) is 11.8 Å². The Morgan fingerprint density at radius 3 is 3.00 bits per heavy atom. The first-order valence-corrected chi connectivity index (χ1v) is 7.81. The highest BCUT2D eigenvalue weighted by Gasteiger charge is 2.18. The van der Waals surface area contributed by atoms with Gasteiger partial charge in [0.05, 0.1) is 11.8 Å². The van der Waals surface area contributed by atoms with Gasteiger partial charge >= 0.3 is 0 Å². The summed E-state index contributed by atoms with van der Waals surface area (Å²) in [7, 11) is 0. The Bertz CT molecular complexity index is 1090. The predicted octanol–water partition coefficient (Wildman–Crippen LogP) is 1.29. The van der Waals surface area contributed by atoms with Crippen molar-refractivity contribution in [2.75, 3.05) is 18.5 Å². The molecule has 1 N–H and O–H groups in total. The Morgan fingerprint density at radius 1 is 1.23 bits per heavy atom. The van der Waals surface area contributed by atoms with E-state index < -0.39 is 0 Å². The van der Waals surface area contributed by atoms with Crippen molar-refractivity contribution in [2.24, 2.45) is 0 Å². The highest BCUT2D eigenvalue weighted by Crippen LogP contribution is 2.28. The average molecular weight is 351 g/mol. The van der Waals surface area contributed by atoms with Gasteiger partial charge in [-0.25, -0.2) is 0 Å². The van der Waals surface area contributed by atoms with Crippen molar-refractivity contribution in [2.45, 2.75) is 0 Å². The maximum atomic E-state index is 12.3. The summed E-state index contributed by atoms with van der Waals surface area (Å²) in [6, 6.07) is 11.1. The summed E-state index contributed by atoms with van der Waals surface area (Å²) in [5.74, 6) is -0.0164. The quantitative estimate of drug-likeness (QED) is 0.711. The molecule has 8 heteroatoms. The van der Waals surface area contributed by atoms with Crippen molar-refractivity contribution >= 4 is 23.0 Å². The zero-order chi connectivity index (χ0) is 18.1. The van der Waals surface area contributed by atoms with Gasteiger partial charge in [-0.2, -0.15) is 4.98 Å². The van der Waals surface area contributed by atoms with Crippen LogP contribution in [0.25, 0.3) is 5.65 Å². The number of hydrogen-bond acceptors (Lipinski definition) is 6. The molecule has 8 nitrogen and oxygen atoms in total. The molecule has 4 rings (SSSR count). The molecule has 1 aromatic carbocycles. The molecule has 1 aliphatic heterocycles. The van der Waals surface area contributed by atoms with Crippen LogP contribution in [-0.2, 0) is 4.79 Å². The number of benzene rings is 1. The van der Waals surface area contributed by atoms with Crippen LogP contribution in [0, 0.1) is 0 Å². The number of carbonyl (C=O) groups is 2. The minimum Gasteiger partial charge on any atom is -0.482 e. The summed E-state index contributed by atoms with van der Waals surface area (Å²) in [6.45, 7) is -0.338. The van der Waals surface area contributed by atoms with Gasteiger partial charge in [-0.15, -0.1) is 0 Å². The smallest absolute Gasteiger partial charge is 0.262 e. The topological polar surface area (TPSA) is 99.0 Å². The number of aromatic nitrogens is 2. The molecule has 0 aliphatic carbocycles. The van der Waals surface area contributed by atoms with E-state index >= 15 is 0 Å². The SMILES string of the molecule is O=C1COc2ccc(C(=O)COc3cc(=O)n4ccccc4n3)cc2N1. The van der Waals surface area contributed by atoms with Gasteiger partial charge in [-0.05, 0) is 30.3 Å². The molecule has 0 saturated carbocycles. The molecule has 130 valence electrons. The van der Waals surface area contributed by atoms with Gasteiger partial charge in [0.15, 0.2) is 19.0 Å². The monoisotopic (exact) mass is 351 g/mol. The van der Waals surface area contributed by atoms with E-state index in [-0.39, 0.29) is 36.3 Å². The molecule has 0 radical (unpaired) electrons. The lowest BCUT2D eigenvalue weighted by molar-refractivity contribution is -0.118. The van der Waals surface area contributed by atoms with Gasteiger partial charge in [-0.1, -0.05) is 6.07 Å². The second-order valence-corrected chi connectivity index (χ2v) is 5.62. The number of nitrogens with zero attached hydrogens (tertiary/aromatic N) is 2. The van der Waals surface area contributed by atoms with Crippen LogP contribution in [-0.4, -0.2) is 34.3 Å². The first-order chi connectivity index (χ1) is 12.6. The second kappa shape index (κ2) is 6.32. The Morgan fingerprint density at radius 2 is 2.12 bits per heavy atom. The fourth-order valence-corrected chi connectivity index (χ4v) is 2.59. The minimum atomic E-state index is -0.317. The average Bonchev–Trinajstić information content (AvgIpc) is 2.65. The number of Topliss-reactive ketones (excluding diaryl/α,β-unsaturated/α-hetero) is 1. The Balaban J connectivity index is 1.51. The number of amides is 1. The zero-order valence-electron chi connectivity index (χ0n) is 13.5. The first-order valence-electron chi connectivity index (χ1n) is 7.81. The van der Waals surface area contributed by atoms with Crippen LogP contribution in [0.3, 0.4) is 0 Å². The Hall–Kier alpha value is -3.68. The second-order valence-electron chi connectivity index (χ2n) is 5.62. The van der Waals surface area contributed by atoms with Gasteiger partial charge in [-0.3, -0.25) is 18.8 Å². The van der Waals surface area contributed by atoms with Crippen molar-refractivity contribution in [3.8, 4) is 11.6 Å². The minimum absolute atomic E-state index is 0.0490. The molecular formula is C18H13N3O5. The largest absolute Gasteiger partial charge is 0.482 e. The number of hydrogen-bond donors (Lipinski definition) is 1. The molecule has 1 amide bonds. The summed E-state index contributed by atoms with van der Waals surface area (Å²) in [4.78, 5) is 39.9. The maximum Gasteiger partial charge on any atom is 0.262 e. The molecule has 2 aromatic heterocycles. The van der Waals surface area contributed by atoms with Crippen molar-refractivity contribution in [1.29, 1.82) is 0 Å². The lowest BCUT2D eigenvalue weighted by atomic mass is 10.1. The van der Waals surface area contributed by atoms with E-state index in [1.165, 1.54) is 16.5 Å². The van der Waals surface area contributed by atoms with Crippen molar-refractivity contribution in [3.63, 3.8) is 0 Å². The van der Waals surface area contributed by atoms with E-state index in [9.17, 15) is 14.4 Å². The molecule has 3 aromatic rings. The summed E-state index contributed by atoms with van der Waals surface area (Å²) in [6.07, 6.45) is 1.60. The van der Waals surface area contributed by atoms with Crippen molar-refractivity contribution in [1.82, 2.24) is 9.38 Å². The molecule has 0 atom stereocenters. The maximum absolute atomic E-state index is 12.3. The zero-order valence-corrected chi connectivity index (χ0v) is 13.5. The van der Waals surface area contributed by atoms with E-state index in [0.717, 1.165) is 0 Å². The lowest BCUT2D eigenvalue weighted by Crippen LogP contribution is -2.25. The van der Waals surface area contributed by atoms with Crippen LogP contribution in [0.2, 0.25) is 0 Å². The number of ether oxygens (including phenoxy) is 2. The number of pyridine rings is 1. The molecule has 3 heterocycles. The molecule has 0 saturated heterocycles. The van der Waals surface area contributed by atoms with E-state index in [2.05, 4.69) is 10.3 Å². The number of fused-ring (bicyclic) bond motifs is 2. The summed E-state index contributed by atoms with van der Waals surface area (Å²) >= 11 is 0. The Kier molecular flexibility index (Phi) is 3.85. The number of anilines is 1. The van der Waals surface area contributed by atoms with Gasteiger partial charge in [0.25, 0.3) is 11.5 Å². The standard InChI is InChI=1S/C18H13N3O5/c22-13(11-4-5-14-12(7-11)19-16(23)10-25-14)9-26-17-8-18(24)21-6-2-1-3-15(21)20-17/h1-8H,9-10H2,(H,19,23). The third-order valence-corrected chi connectivity index (χ3v) is 3.83. The van der Waals surface area contributed by atoms with E-state index in [1.54, 1.807) is 36.5 Å². The molecule has 26 heavy (non-hydrogen) atoms. The molecule has 1 aliphatic rings. The van der Waals surface area contributed by atoms with Gasteiger partial charge in [0.2, 0.25) is 5.88 Å². The van der Waals surface area contributed by atoms with E-state index in [1.807, 2.05) is 0 Å². The van der Waals surface area contributed by atoms with Crippen LogP contribution >= 0.6 is 0 Å². The van der Waals surface area contributed by atoms with Crippen molar-refractivity contribution in [3.05, 3.63) is 64.6 Å². The molecule has 0 bridgehead atoms. The molecule has 0 fully saturated rings. The van der Waals surface area contributed by atoms with Gasteiger partial charge in [0.1, 0.15) is 11.4 Å².